The maximum absolute atomic E-state index is 13.2. The summed E-state index contributed by atoms with van der Waals surface area (Å²) < 4.78 is 24.3. The third kappa shape index (κ3) is 6.07. The second-order valence-electron chi connectivity index (χ2n) is 8.53. The summed E-state index contributed by atoms with van der Waals surface area (Å²) in [5.41, 5.74) is 1.85. The highest BCUT2D eigenvalue weighted by molar-refractivity contribution is 6.30. The van der Waals surface area contributed by atoms with Crippen LogP contribution in [0, 0.1) is 5.82 Å². The number of anilines is 1. The monoisotopic (exact) mass is 486 g/mol. The van der Waals surface area contributed by atoms with E-state index in [0.717, 1.165) is 24.2 Å². The molecule has 0 bridgehead atoms. The van der Waals surface area contributed by atoms with Crippen molar-refractivity contribution in [3.8, 4) is 5.75 Å². The van der Waals surface area contributed by atoms with E-state index in [2.05, 4.69) is 22.1 Å². The lowest BCUT2D eigenvalue weighted by Crippen LogP contribution is -2.58. The number of carbonyl (C=O) groups excluding carboxylic acids is 1. The van der Waals surface area contributed by atoms with Gasteiger partial charge in [-0.05, 0) is 49.7 Å². The smallest absolute Gasteiger partial charge is 0.294 e. The number of nitrogens with one attached hydrogen (secondary N) is 1. The summed E-state index contributed by atoms with van der Waals surface area (Å²) in [5, 5.41) is 3.63. The number of benzene rings is 2. The lowest BCUT2D eigenvalue weighted by molar-refractivity contribution is -0.139. The molecule has 1 aromatic heterocycles. The maximum Gasteiger partial charge on any atom is 0.294 e. The van der Waals surface area contributed by atoms with E-state index in [1.807, 2.05) is 11.8 Å². The number of oxazole rings is 1. The average molecular weight is 487 g/mol. The van der Waals surface area contributed by atoms with Crippen molar-refractivity contribution in [2.75, 3.05) is 25.0 Å². The number of halogens is 2. The minimum absolute atomic E-state index is 0.0316. The summed E-state index contributed by atoms with van der Waals surface area (Å²) in [4.78, 5) is 21.2. The van der Waals surface area contributed by atoms with Crippen LogP contribution in [0.15, 0.2) is 59.3 Å². The first-order valence-corrected chi connectivity index (χ1v) is 11.6. The van der Waals surface area contributed by atoms with Crippen LogP contribution in [0.5, 0.6) is 5.75 Å². The van der Waals surface area contributed by atoms with Gasteiger partial charge in [-0.2, -0.15) is 0 Å². The zero-order chi connectivity index (χ0) is 24.1. The zero-order valence-corrected chi connectivity index (χ0v) is 20.0. The first kappa shape index (κ1) is 24.0. The molecule has 2 aromatic carbocycles. The fourth-order valence-corrected chi connectivity index (χ4v) is 4.32. The molecule has 1 aliphatic rings. The molecule has 180 valence electrons. The van der Waals surface area contributed by atoms with Crippen molar-refractivity contribution in [2.45, 2.75) is 39.0 Å². The molecule has 9 heteroatoms. The van der Waals surface area contributed by atoms with Crippen molar-refractivity contribution >= 4 is 23.5 Å². The topological polar surface area (TPSA) is 70.8 Å². The molecule has 0 aliphatic carbocycles. The molecule has 1 saturated heterocycles. The van der Waals surface area contributed by atoms with Gasteiger partial charge in [-0.3, -0.25) is 9.69 Å². The fourth-order valence-electron chi connectivity index (χ4n) is 4.12. The van der Waals surface area contributed by atoms with Crippen LogP contribution in [-0.4, -0.2) is 52.5 Å². The normalized spacial score (nSPS) is 18.6. The third-order valence-electron chi connectivity index (χ3n) is 5.97. The molecule has 7 nitrogen and oxygen atoms in total. The summed E-state index contributed by atoms with van der Waals surface area (Å²) >= 11 is 6.16. The van der Waals surface area contributed by atoms with Crippen molar-refractivity contribution in [3.05, 3.63) is 76.9 Å². The van der Waals surface area contributed by atoms with E-state index in [4.69, 9.17) is 20.8 Å². The Bertz CT molecular complexity index is 1090. The molecule has 2 heterocycles. The van der Waals surface area contributed by atoms with Crippen LogP contribution in [0.1, 0.15) is 25.0 Å². The van der Waals surface area contributed by atoms with Gasteiger partial charge in [0.25, 0.3) is 11.9 Å². The standard InChI is InChI=1S/C25H28ClFN4O3/c1-17-14-31(18(2)13-30(17)15-19-3-6-22(27)7-4-19)24(32)16-34-23-8-5-21(26)11-20(23)12-29-25-28-9-10-33-25/h3-11,17-18H,12-16H2,1-2H3,(H,28,29)/t17-,18+/m1/s1. The second-order valence-corrected chi connectivity index (χ2v) is 8.97. The van der Waals surface area contributed by atoms with Crippen LogP contribution >= 0.6 is 11.6 Å². The van der Waals surface area contributed by atoms with Crippen LogP contribution in [0.3, 0.4) is 0 Å². The van der Waals surface area contributed by atoms with Crippen LogP contribution in [0.25, 0.3) is 0 Å². The Morgan fingerprint density at radius 3 is 2.74 bits per heavy atom. The molecule has 1 fully saturated rings. The van der Waals surface area contributed by atoms with Gasteiger partial charge in [-0.1, -0.05) is 23.7 Å². The second kappa shape index (κ2) is 10.9. The Hall–Kier alpha value is -3.10. The number of amides is 1. The number of hydrogen-bond acceptors (Lipinski definition) is 6. The first-order valence-electron chi connectivity index (χ1n) is 11.2. The van der Waals surface area contributed by atoms with Crippen molar-refractivity contribution in [3.63, 3.8) is 0 Å². The van der Waals surface area contributed by atoms with E-state index in [-0.39, 0.29) is 30.4 Å². The van der Waals surface area contributed by atoms with Crippen LogP contribution in [-0.2, 0) is 17.9 Å². The maximum atomic E-state index is 13.2. The molecule has 0 saturated carbocycles. The number of ether oxygens (including phenoxy) is 1. The molecule has 4 rings (SSSR count). The van der Waals surface area contributed by atoms with E-state index in [1.165, 1.54) is 18.4 Å². The Balaban J connectivity index is 1.34. The van der Waals surface area contributed by atoms with Gasteiger partial charge in [0, 0.05) is 48.8 Å². The van der Waals surface area contributed by atoms with Gasteiger partial charge >= 0.3 is 0 Å². The number of rotatable bonds is 8. The molecule has 1 N–H and O–H groups in total. The summed E-state index contributed by atoms with van der Waals surface area (Å²) in [6.07, 6.45) is 3.04. The highest BCUT2D eigenvalue weighted by Gasteiger charge is 2.32. The minimum Gasteiger partial charge on any atom is -0.483 e. The Kier molecular flexibility index (Phi) is 7.70. The largest absolute Gasteiger partial charge is 0.483 e. The molecule has 1 aliphatic heterocycles. The van der Waals surface area contributed by atoms with Gasteiger partial charge in [0.15, 0.2) is 6.61 Å². The number of aromatic nitrogens is 1. The third-order valence-corrected chi connectivity index (χ3v) is 6.21. The Morgan fingerprint density at radius 2 is 2.00 bits per heavy atom. The molecule has 0 spiro atoms. The van der Waals surface area contributed by atoms with Gasteiger partial charge in [-0.25, -0.2) is 9.37 Å². The minimum atomic E-state index is -0.238. The lowest BCUT2D eigenvalue weighted by atomic mass is 10.1. The molecular weight excluding hydrogens is 459 g/mol. The van der Waals surface area contributed by atoms with Crippen molar-refractivity contribution < 1.29 is 18.3 Å². The first-order chi connectivity index (χ1) is 16.4. The van der Waals surface area contributed by atoms with E-state index in [1.54, 1.807) is 36.5 Å². The molecule has 3 aromatic rings. The molecule has 2 atom stereocenters. The van der Waals surface area contributed by atoms with Gasteiger partial charge in [-0.15, -0.1) is 0 Å². The van der Waals surface area contributed by atoms with E-state index < -0.39 is 0 Å². The Labute approximate surface area is 203 Å². The van der Waals surface area contributed by atoms with Gasteiger partial charge in [0.05, 0.1) is 6.20 Å². The van der Waals surface area contributed by atoms with Crippen molar-refractivity contribution in [2.24, 2.45) is 0 Å². The quantitative estimate of drug-likeness (QED) is 0.502. The summed E-state index contributed by atoms with van der Waals surface area (Å²) in [7, 11) is 0. The highest BCUT2D eigenvalue weighted by Crippen LogP contribution is 2.25. The van der Waals surface area contributed by atoms with E-state index in [9.17, 15) is 9.18 Å². The number of hydrogen-bond donors (Lipinski definition) is 1. The number of piperazine rings is 1. The number of nitrogens with zero attached hydrogens (tertiary/aromatic N) is 3. The Morgan fingerprint density at radius 1 is 1.21 bits per heavy atom. The predicted molar refractivity (Wildman–Crippen MR) is 128 cm³/mol. The molecule has 0 radical (unpaired) electrons. The van der Waals surface area contributed by atoms with Gasteiger partial charge in [0.2, 0.25) is 0 Å². The SMILES string of the molecule is C[C@@H]1CN(C(=O)COc2ccc(Cl)cc2CNc2ncco2)[C@@H](C)CN1Cc1ccc(F)cc1. The summed E-state index contributed by atoms with van der Waals surface area (Å²) in [6, 6.07) is 12.4. The van der Waals surface area contributed by atoms with Crippen LogP contribution in [0.2, 0.25) is 5.02 Å². The molecule has 0 unspecified atom stereocenters. The average Bonchev–Trinajstić information content (AvgIpc) is 3.34. The van der Waals surface area contributed by atoms with Crippen molar-refractivity contribution in [1.29, 1.82) is 0 Å². The van der Waals surface area contributed by atoms with Gasteiger partial charge < -0.3 is 19.4 Å². The zero-order valence-electron chi connectivity index (χ0n) is 19.2. The van der Waals surface area contributed by atoms with Crippen LogP contribution in [0.4, 0.5) is 10.4 Å². The number of carbonyl (C=O) groups is 1. The van der Waals surface area contributed by atoms with Gasteiger partial charge in [0.1, 0.15) is 17.8 Å². The lowest BCUT2D eigenvalue weighted by Gasteiger charge is -2.44. The predicted octanol–water partition coefficient (Wildman–Crippen LogP) is 4.58. The van der Waals surface area contributed by atoms with Crippen molar-refractivity contribution in [1.82, 2.24) is 14.8 Å². The fraction of sp³-hybridized carbons (Fsp3) is 0.360. The molecule has 34 heavy (non-hydrogen) atoms. The van der Waals surface area contributed by atoms with Crippen LogP contribution < -0.4 is 10.1 Å². The van der Waals surface area contributed by atoms with E-state index >= 15 is 0 Å². The highest BCUT2D eigenvalue weighted by atomic mass is 35.5. The molecule has 1 amide bonds. The molecular formula is C25H28ClFN4O3. The summed E-state index contributed by atoms with van der Waals surface area (Å²) in [5.74, 6) is 0.271. The van der Waals surface area contributed by atoms with E-state index in [0.29, 0.717) is 29.9 Å². The summed E-state index contributed by atoms with van der Waals surface area (Å²) in [6.45, 7) is 6.51.